The van der Waals surface area contributed by atoms with E-state index >= 15 is 0 Å². The number of halogens is 1. The van der Waals surface area contributed by atoms with Gasteiger partial charge in [-0.25, -0.2) is 0 Å². The van der Waals surface area contributed by atoms with Gasteiger partial charge in [-0.15, -0.1) is 10.2 Å². The molecule has 0 saturated carbocycles. The topological polar surface area (TPSA) is 73.8 Å². The molecule has 0 atom stereocenters. The van der Waals surface area contributed by atoms with E-state index in [9.17, 15) is 4.79 Å². The van der Waals surface area contributed by atoms with Crippen LogP contribution in [0.1, 0.15) is 23.0 Å². The molecule has 1 aromatic carbocycles. The SMILES string of the molecule is CCn1nc(C)cc1-c1nnc(SCC(=O)c2ccc(Cl)cc2)o1. The van der Waals surface area contributed by atoms with Crippen molar-refractivity contribution in [1.29, 1.82) is 0 Å². The molecule has 0 N–H and O–H groups in total. The zero-order chi connectivity index (χ0) is 17.1. The highest BCUT2D eigenvalue weighted by Crippen LogP contribution is 2.24. The molecule has 2 heterocycles. The second-order valence-electron chi connectivity index (χ2n) is 5.08. The molecule has 0 saturated heterocycles. The Kier molecular flexibility index (Phi) is 5.01. The third-order valence-electron chi connectivity index (χ3n) is 3.32. The van der Waals surface area contributed by atoms with Gasteiger partial charge >= 0.3 is 0 Å². The maximum absolute atomic E-state index is 12.1. The van der Waals surface area contributed by atoms with Crippen molar-refractivity contribution < 1.29 is 9.21 Å². The molecular formula is C16H15ClN4O2S. The Morgan fingerprint density at radius 3 is 2.75 bits per heavy atom. The molecule has 2 aromatic heterocycles. The second kappa shape index (κ2) is 7.19. The van der Waals surface area contributed by atoms with Gasteiger partial charge < -0.3 is 4.42 Å². The van der Waals surface area contributed by atoms with Gasteiger partial charge in [-0.3, -0.25) is 9.48 Å². The van der Waals surface area contributed by atoms with E-state index in [0.717, 1.165) is 11.4 Å². The first kappa shape index (κ1) is 16.7. The van der Waals surface area contributed by atoms with Gasteiger partial charge in [-0.2, -0.15) is 5.10 Å². The number of rotatable bonds is 6. The zero-order valence-corrected chi connectivity index (χ0v) is 14.8. The number of ketones is 1. The summed E-state index contributed by atoms with van der Waals surface area (Å²) in [5.74, 6) is 0.597. The van der Waals surface area contributed by atoms with Crippen molar-refractivity contribution in [3.8, 4) is 11.6 Å². The van der Waals surface area contributed by atoms with E-state index in [0.29, 0.717) is 28.2 Å². The van der Waals surface area contributed by atoms with Gasteiger partial charge in [-0.1, -0.05) is 23.4 Å². The molecular weight excluding hydrogens is 348 g/mol. The summed E-state index contributed by atoms with van der Waals surface area (Å²) >= 11 is 7.03. The Labute approximate surface area is 148 Å². The molecule has 0 amide bonds. The Hall–Kier alpha value is -2.12. The van der Waals surface area contributed by atoms with Gasteiger partial charge in [0, 0.05) is 17.1 Å². The molecule has 0 aliphatic heterocycles. The van der Waals surface area contributed by atoms with E-state index in [1.807, 2.05) is 19.9 Å². The predicted octanol–water partition coefficient (Wildman–Crippen LogP) is 3.89. The molecule has 24 heavy (non-hydrogen) atoms. The smallest absolute Gasteiger partial charge is 0.277 e. The highest BCUT2D eigenvalue weighted by Gasteiger charge is 2.16. The molecule has 3 rings (SSSR count). The fourth-order valence-electron chi connectivity index (χ4n) is 2.18. The van der Waals surface area contributed by atoms with Crippen LogP contribution in [0.2, 0.25) is 5.02 Å². The van der Waals surface area contributed by atoms with Gasteiger partial charge in [0.05, 0.1) is 11.4 Å². The van der Waals surface area contributed by atoms with Crippen LogP contribution < -0.4 is 0 Å². The standard InChI is InChI=1S/C16H15ClN4O2S/c1-3-21-13(8-10(2)20-21)15-18-19-16(23-15)24-9-14(22)11-4-6-12(17)7-5-11/h4-8H,3,9H2,1-2H3. The second-order valence-corrected chi connectivity index (χ2v) is 6.44. The normalized spacial score (nSPS) is 11.0. The number of hydrogen-bond acceptors (Lipinski definition) is 6. The van der Waals surface area contributed by atoms with Crippen LogP contribution >= 0.6 is 23.4 Å². The van der Waals surface area contributed by atoms with Crippen LogP contribution in [0, 0.1) is 6.92 Å². The van der Waals surface area contributed by atoms with Crippen molar-refractivity contribution >= 4 is 29.1 Å². The van der Waals surface area contributed by atoms with E-state index in [1.54, 1.807) is 28.9 Å². The number of carbonyl (C=O) groups is 1. The molecule has 3 aromatic rings. The third kappa shape index (κ3) is 3.68. The van der Waals surface area contributed by atoms with Crippen molar-refractivity contribution in [3.63, 3.8) is 0 Å². The summed E-state index contributed by atoms with van der Waals surface area (Å²) in [4.78, 5) is 12.1. The molecule has 0 aliphatic rings. The van der Waals surface area contributed by atoms with Crippen molar-refractivity contribution in [2.45, 2.75) is 25.6 Å². The molecule has 124 valence electrons. The van der Waals surface area contributed by atoms with E-state index < -0.39 is 0 Å². The molecule has 8 heteroatoms. The number of benzene rings is 1. The fraction of sp³-hybridized carbons (Fsp3) is 0.250. The Morgan fingerprint density at radius 1 is 1.29 bits per heavy atom. The lowest BCUT2D eigenvalue weighted by atomic mass is 10.1. The number of nitrogens with zero attached hydrogens (tertiary/aromatic N) is 4. The first-order chi connectivity index (χ1) is 11.6. The predicted molar refractivity (Wildman–Crippen MR) is 92.4 cm³/mol. The van der Waals surface area contributed by atoms with E-state index in [2.05, 4.69) is 15.3 Å². The molecule has 0 aliphatic carbocycles. The summed E-state index contributed by atoms with van der Waals surface area (Å²) in [7, 11) is 0. The molecule has 0 fully saturated rings. The van der Waals surface area contributed by atoms with Crippen LogP contribution in [0.3, 0.4) is 0 Å². The summed E-state index contributed by atoms with van der Waals surface area (Å²) < 4.78 is 7.44. The van der Waals surface area contributed by atoms with Crippen LogP contribution in [0.5, 0.6) is 0 Å². The van der Waals surface area contributed by atoms with Gasteiger partial charge in [-0.05, 0) is 44.2 Å². The highest BCUT2D eigenvalue weighted by atomic mass is 35.5. The largest absolute Gasteiger partial charge is 0.410 e. The minimum Gasteiger partial charge on any atom is -0.410 e. The third-order valence-corrected chi connectivity index (χ3v) is 4.39. The number of aryl methyl sites for hydroxylation is 2. The lowest BCUT2D eigenvalue weighted by Crippen LogP contribution is -2.01. The van der Waals surface area contributed by atoms with Crippen LogP contribution in [-0.2, 0) is 6.54 Å². The van der Waals surface area contributed by atoms with Gasteiger partial charge in [0.25, 0.3) is 11.1 Å². The number of carbonyl (C=O) groups excluding carboxylic acids is 1. The Bertz CT molecular complexity index is 857. The fourth-order valence-corrected chi connectivity index (χ4v) is 2.96. The van der Waals surface area contributed by atoms with E-state index in [1.165, 1.54) is 11.8 Å². The van der Waals surface area contributed by atoms with Crippen molar-refractivity contribution in [3.05, 3.63) is 46.6 Å². The molecule has 0 unspecified atom stereocenters. The quantitative estimate of drug-likeness (QED) is 0.489. The highest BCUT2D eigenvalue weighted by molar-refractivity contribution is 7.99. The molecule has 0 radical (unpaired) electrons. The maximum Gasteiger partial charge on any atom is 0.277 e. The number of Topliss-reactive ketones (excluding diaryl/α,β-unsaturated/α-hetero) is 1. The summed E-state index contributed by atoms with van der Waals surface area (Å²) in [6.45, 7) is 4.61. The van der Waals surface area contributed by atoms with E-state index in [-0.39, 0.29) is 11.5 Å². The Balaban J connectivity index is 1.68. The average molecular weight is 363 g/mol. The monoisotopic (exact) mass is 362 g/mol. The van der Waals surface area contributed by atoms with Gasteiger partial charge in [0.2, 0.25) is 0 Å². The van der Waals surface area contributed by atoms with Crippen LogP contribution in [0.15, 0.2) is 40.0 Å². The van der Waals surface area contributed by atoms with Crippen LogP contribution in [-0.4, -0.2) is 31.5 Å². The van der Waals surface area contributed by atoms with Gasteiger partial charge in [0.1, 0.15) is 5.69 Å². The summed E-state index contributed by atoms with van der Waals surface area (Å²) in [5.41, 5.74) is 2.27. The minimum atomic E-state index is -0.0224. The van der Waals surface area contributed by atoms with Crippen LogP contribution in [0.4, 0.5) is 0 Å². The Morgan fingerprint density at radius 2 is 2.04 bits per heavy atom. The minimum absolute atomic E-state index is 0.0224. The first-order valence-electron chi connectivity index (χ1n) is 7.36. The summed E-state index contributed by atoms with van der Waals surface area (Å²) in [6.07, 6.45) is 0. The number of aromatic nitrogens is 4. The maximum atomic E-state index is 12.1. The zero-order valence-electron chi connectivity index (χ0n) is 13.2. The summed E-state index contributed by atoms with van der Waals surface area (Å²) in [5, 5.41) is 13.3. The first-order valence-corrected chi connectivity index (χ1v) is 8.73. The lowest BCUT2D eigenvalue weighted by molar-refractivity contribution is 0.102. The number of hydrogen-bond donors (Lipinski definition) is 0. The molecule has 6 nitrogen and oxygen atoms in total. The average Bonchev–Trinajstić information content (AvgIpc) is 3.19. The van der Waals surface area contributed by atoms with E-state index in [4.69, 9.17) is 16.0 Å². The van der Waals surface area contributed by atoms with Crippen LogP contribution in [0.25, 0.3) is 11.6 Å². The van der Waals surface area contributed by atoms with Gasteiger partial charge in [0.15, 0.2) is 5.78 Å². The van der Waals surface area contributed by atoms with Crippen molar-refractivity contribution in [1.82, 2.24) is 20.0 Å². The molecule has 0 spiro atoms. The molecule has 0 bridgehead atoms. The summed E-state index contributed by atoms with van der Waals surface area (Å²) in [6, 6.07) is 8.68. The van der Waals surface area contributed by atoms with Crippen molar-refractivity contribution in [2.75, 3.05) is 5.75 Å². The lowest BCUT2D eigenvalue weighted by Gasteiger charge is -1.99. The number of thioether (sulfide) groups is 1. The van der Waals surface area contributed by atoms with Crippen molar-refractivity contribution in [2.24, 2.45) is 0 Å².